The van der Waals surface area contributed by atoms with Gasteiger partial charge in [0.25, 0.3) is 0 Å². The van der Waals surface area contributed by atoms with Gasteiger partial charge in [0.15, 0.2) is 5.78 Å². The second-order valence-electron chi connectivity index (χ2n) is 5.24. The first-order valence-electron chi connectivity index (χ1n) is 7.11. The van der Waals surface area contributed by atoms with E-state index < -0.39 is 73.1 Å². The molecule has 9 nitrogen and oxygen atoms in total. The van der Waals surface area contributed by atoms with Crippen LogP contribution in [0.2, 0.25) is 10.0 Å². The molecule has 2 aromatic rings. The van der Waals surface area contributed by atoms with Gasteiger partial charge in [-0.2, -0.15) is 0 Å². The van der Waals surface area contributed by atoms with Crippen molar-refractivity contribution in [2.45, 2.75) is 0 Å². The molecular weight excluding hydrogens is 419 g/mol. The summed E-state index contributed by atoms with van der Waals surface area (Å²) in [6.07, 6.45) is 0. The van der Waals surface area contributed by atoms with E-state index in [-0.39, 0.29) is 0 Å². The Balaban J connectivity index is 2.89. The van der Waals surface area contributed by atoms with Crippen molar-refractivity contribution in [2.24, 2.45) is 0 Å². The molecule has 4 N–H and O–H groups in total. The molecule has 0 aliphatic rings. The molecule has 0 saturated carbocycles. The summed E-state index contributed by atoms with van der Waals surface area (Å²) in [5, 5.41) is 36.3. The van der Waals surface area contributed by atoms with Crippen molar-refractivity contribution in [1.29, 1.82) is 0 Å². The molecule has 0 fully saturated rings. The van der Waals surface area contributed by atoms with E-state index in [1.165, 1.54) is 0 Å². The number of carbonyl (C=O) groups is 5. The number of rotatable bonds is 6. The molecule has 0 bridgehead atoms. The first-order valence-corrected chi connectivity index (χ1v) is 7.87. The van der Waals surface area contributed by atoms with E-state index in [1.807, 2.05) is 0 Å². The smallest absolute Gasteiger partial charge is 0.338 e. The fourth-order valence-electron chi connectivity index (χ4n) is 2.54. The van der Waals surface area contributed by atoms with Crippen LogP contribution in [0.15, 0.2) is 24.3 Å². The highest BCUT2D eigenvalue weighted by Gasteiger charge is 2.31. The second kappa shape index (κ2) is 7.67. The van der Waals surface area contributed by atoms with Gasteiger partial charge in [0, 0.05) is 11.1 Å². The molecule has 0 aliphatic heterocycles. The molecule has 0 aliphatic carbocycles. The van der Waals surface area contributed by atoms with Crippen LogP contribution in [0.1, 0.15) is 57.4 Å². The Morgan fingerprint density at radius 2 is 0.821 bits per heavy atom. The number of hydrogen-bond acceptors (Lipinski definition) is 5. The van der Waals surface area contributed by atoms with Gasteiger partial charge < -0.3 is 20.4 Å². The highest BCUT2D eigenvalue weighted by Crippen LogP contribution is 2.30. The quantitative estimate of drug-likeness (QED) is 0.507. The lowest BCUT2D eigenvalue weighted by atomic mass is 9.90. The Kier molecular flexibility index (Phi) is 5.72. The minimum absolute atomic E-state index is 0.456. The fourth-order valence-corrected chi connectivity index (χ4v) is 3.02. The van der Waals surface area contributed by atoms with Crippen molar-refractivity contribution in [1.82, 2.24) is 0 Å². The minimum atomic E-state index is -1.80. The third kappa shape index (κ3) is 3.53. The van der Waals surface area contributed by atoms with Crippen LogP contribution < -0.4 is 0 Å². The highest BCUT2D eigenvalue weighted by molar-refractivity contribution is 6.36. The van der Waals surface area contributed by atoms with Crippen LogP contribution in [-0.4, -0.2) is 50.1 Å². The number of carbonyl (C=O) groups excluding carboxylic acids is 1. The van der Waals surface area contributed by atoms with E-state index in [4.69, 9.17) is 23.2 Å². The maximum Gasteiger partial charge on any atom is 0.338 e. The molecule has 0 heterocycles. The molecule has 2 aromatic carbocycles. The van der Waals surface area contributed by atoms with Gasteiger partial charge in [0.1, 0.15) is 0 Å². The summed E-state index contributed by atoms with van der Waals surface area (Å²) in [7, 11) is 0. The van der Waals surface area contributed by atoms with Gasteiger partial charge in [-0.1, -0.05) is 23.2 Å². The summed E-state index contributed by atoms with van der Waals surface area (Å²) < 4.78 is 0. The number of carboxylic acids is 4. The summed E-state index contributed by atoms with van der Waals surface area (Å²) in [5.41, 5.74) is -5.04. The Morgan fingerprint density at radius 3 is 1.07 bits per heavy atom. The monoisotopic (exact) mass is 426 g/mol. The van der Waals surface area contributed by atoms with Gasteiger partial charge in [-0.05, 0) is 24.3 Å². The summed E-state index contributed by atoms with van der Waals surface area (Å²) in [5.74, 6) is -8.27. The van der Waals surface area contributed by atoms with Gasteiger partial charge in [-0.15, -0.1) is 0 Å². The first kappa shape index (κ1) is 20.9. The maximum atomic E-state index is 12.9. The van der Waals surface area contributed by atoms with Crippen LogP contribution in [0.4, 0.5) is 0 Å². The van der Waals surface area contributed by atoms with Gasteiger partial charge in [0.2, 0.25) is 0 Å². The predicted molar refractivity (Wildman–Crippen MR) is 94.2 cm³/mol. The Hall–Kier alpha value is -3.43. The fraction of sp³-hybridized carbons (Fsp3) is 0. The SMILES string of the molecule is O=C(c1ccc(Cl)c(C(=O)O)c1C(=O)O)c1ccc(Cl)c(C(=O)O)c1C(=O)O. The average Bonchev–Trinajstić information content (AvgIpc) is 2.59. The number of benzene rings is 2. The standard InChI is InChI=1S/C17H8Cl2O9/c18-7-3-1-5(9(14(21)22)11(7)16(25)26)13(20)6-2-4-8(19)12(17(27)28)10(6)15(23)24/h1-4H,(H,21,22)(H,23,24)(H,25,26)(H,27,28). The van der Waals surface area contributed by atoms with Crippen LogP contribution >= 0.6 is 23.2 Å². The number of ketones is 1. The molecule has 0 amide bonds. The third-order valence-corrected chi connectivity index (χ3v) is 4.28. The lowest BCUT2D eigenvalue weighted by molar-refractivity contribution is 0.0647. The highest BCUT2D eigenvalue weighted by atomic mass is 35.5. The normalized spacial score (nSPS) is 10.4. The van der Waals surface area contributed by atoms with E-state index in [0.717, 1.165) is 24.3 Å². The van der Waals surface area contributed by atoms with E-state index in [2.05, 4.69) is 0 Å². The molecule has 0 radical (unpaired) electrons. The van der Waals surface area contributed by atoms with Gasteiger partial charge in [0.05, 0.1) is 32.3 Å². The van der Waals surface area contributed by atoms with Crippen molar-refractivity contribution in [3.63, 3.8) is 0 Å². The molecular formula is C17H8Cl2O9. The summed E-state index contributed by atoms with van der Waals surface area (Å²) in [6.45, 7) is 0. The first-order chi connectivity index (χ1) is 13.0. The Bertz CT molecular complexity index is 989. The van der Waals surface area contributed by atoms with Gasteiger partial charge in [-0.25, -0.2) is 19.2 Å². The van der Waals surface area contributed by atoms with E-state index >= 15 is 0 Å². The zero-order chi connectivity index (χ0) is 21.3. The second-order valence-corrected chi connectivity index (χ2v) is 6.05. The number of carboxylic acid groups (broad SMARTS) is 4. The summed E-state index contributed by atoms with van der Waals surface area (Å²) in [4.78, 5) is 58.8. The predicted octanol–water partition coefficient (Wildman–Crippen LogP) is 3.02. The molecule has 0 atom stereocenters. The lowest BCUT2D eigenvalue weighted by Gasteiger charge is -2.13. The zero-order valence-electron chi connectivity index (χ0n) is 13.4. The molecule has 0 spiro atoms. The van der Waals surface area contributed by atoms with Crippen molar-refractivity contribution < 1.29 is 44.4 Å². The van der Waals surface area contributed by atoms with Gasteiger partial charge in [-0.3, -0.25) is 4.79 Å². The Morgan fingerprint density at radius 1 is 0.536 bits per heavy atom. The van der Waals surface area contributed by atoms with Crippen molar-refractivity contribution >= 4 is 52.9 Å². The van der Waals surface area contributed by atoms with Crippen LogP contribution in [0.5, 0.6) is 0 Å². The number of aromatic carboxylic acids is 4. The topological polar surface area (TPSA) is 166 Å². The lowest BCUT2D eigenvalue weighted by Crippen LogP contribution is -2.20. The summed E-state index contributed by atoms with van der Waals surface area (Å²) >= 11 is 11.4. The molecule has 0 aromatic heterocycles. The van der Waals surface area contributed by atoms with Crippen LogP contribution in [0, 0.1) is 0 Å². The third-order valence-electron chi connectivity index (χ3n) is 3.65. The summed E-state index contributed by atoms with van der Waals surface area (Å²) in [6, 6.07) is 3.72. The molecule has 0 saturated heterocycles. The van der Waals surface area contributed by atoms with Crippen molar-refractivity contribution in [2.75, 3.05) is 0 Å². The Labute approximate surface area is 165 Å². The molecule has 11 heteroatoms. The minimum Gasteiger partial charge on any atom is -0.478 e. The molecule has 144 valence electrons. The van der Waals surface area contributed by atoms with E-state index in [1.54, 1.807) is 0 Å². The molecule has 28 heavy (non-hydrogen) atoms. The van der Waals surface area contributed by atoms with Crippen LogP contribution in [-0.2, 0) is 0 Å². The van der Waals surface area contributed by atoms with E-state index in [0.29, 0.717) is 0 Å². The molecule has 0 unspecified atom stereocenters. The van der Waals surface area contributed by atoms with E-state index in [9.17, 15) is 44.4 Å². The van der Waals surface area contributed by atoms with Crippen LogP contribution in [0.25, 0.3) is 0 Å². The molecule has 2 rings (SSSR count). The average molecular weight is 427 g/mol. The maximum absolute atomic E-state index is 12.9. The number of hydrogen-bond donors (Lipinski definition) is 4. The zero-order valence-corrected chi connectivity index (χ0v) is 14.9. The van der Waals surface area contributed by atoms with Crippen molar-refractivity contribution in [3.8, 4) is 0 Å². The van der Waals surface area contributed by atoms with Crippen LogP contribution in [0.3, 0.4) is 0 Å². The van der Waals surface area contributed by atoms with Gasteiger partial charge >= 0.3 is 23.9 Å². The largest absolute Gasteiger partial charge is 0.478 e. The number of halogens is 2. The van der Waals surface area contributed by atoms with Crippen molar-refractivity contribution in [3.05, 3.63) is 67.7 Å².